The minimum Gasteiger partial charge on any atom is -0.336 e. The third-order valence-electron chi connectivity index (χ3n) is 6.86. The van der Waals surface area contributed by atoms with Gasteiger partial charge in [-0.15, -0.1) is 0 Å². The number of sulfonamides is 1. The Kier molecular flexibility index (Phi) is 7.61. The third-order valence-corrected chi connectivity index (χ3v) is 7.52. The molecule has 0 unspecified atom stereocenters. The summed E-state index contributed by atoms with van der Waals surface area (Å²) in [5.74, 6) is -0.848. The van der Waals surface area contributed by atoms with Gasteiger partial charge in [0.25, 0.3) is 0 Å². The number of imidazole rings is 1. The lowest BCUT2D eigenvalue weighted by Gasteiger charge is -2.08. The number of rotatable bonds is 9. The number of hydrogen-bond donors (Lipinski definition) is 4. The fourth-order valence-electron chi connectivity index (χ4n) is 4.91. The van der Waals surface area contributed by atoms with Gasteiger partial charge in [-0.25, -0.2) is 26.9 Å². The molecular weight excluding hydrogens is 590 g/mol. The Balaban J connectivity index is 1.39. The van der Waals surface area contributed by atoms with Crippen molar-refractivity contribution in [1.29, 1.82) is 0 Å². The summed E-state index contributed by atoms with van der Waals surface area (Å²) in [7, 11) is -3.48. The number of halogens is 2. The van der Waals surface area contributed by atoms with Crippen molar-refractivity contribution in [3.63, 3.8) is 0 Å². The number of pyridine rings is 2. The van der Waals surface area contributed by atoms with Crippen LogP contribution in [0.4, 0.5) is 14.5 Å². The van der Waals surface area contributed by atoms with Crippen molar-refractivity contribution >= 4 is 43.6 Å². The van der Waals surface area contributed by atoms with Crippen molar-refractivity contribution in [3.05, 3.63) is 78.3 Å². The molecule has 0 radical (unpaired) electrons. The highest BCUT2D eigenvalue weighted by Gasteiger charge is 2.19. The molecule has 6 rings (SSSR count). The summed E-state index contributed by atoms with van der Waals surface area (Å²) in [5, 5.41) is 10.6. The van der Waals surface area contributed by atoms with Crippen LogP contribution in [0.3, 0.4) is 0 Å². The van der Waals surface area contributed by atoms with Crippen LogP contribution in [-0.4, -0.2) is 50.7 Å². The zero-order chi connectivity index (χ0) is 31.0. The van der Waals surface area contributed by atoms with Crippen LogP contribution < -0.4 is 10.0 Å². The SMILES string of the molecule is CCCC(=O)Nc1cncc(-c2cc3c(-c4nc5c(-c6cc(F)cc(CNS(C)(=O)=O)c6)nccc5[nH]4)n[nH]c3cc2F)c1. The van der Waals surface area contributed by atoms with E-state index in [-0.39, 0.29) is 18.0 Å². The standard InChI is InChI=1S/C30H26F2N8O3S/c1-3-4-26(41)36-20-10-18(14-33-15-20)21-11-22-25(12-23(21)32)39-40-28(22)30-37-24-5-6-34-27(29(24)38-30)17-7-16(8-19(31)9-17)13-35-44(2,42)43/h5-12,14-15,35H,3-4,13H2,1-2H3,(H,36,41)(H,37,38)(H,39,40). The molecule has 0 saturated heterocycles. The van der Waals surface area contributed by atoms with Crippen molar-refractivity contribution in [1.82, 2.24) is 34.9 Å². The van der Waals surface area contributed by atoms with Gasteiger partial charge < -0.3 is 10.3 Å². The highest BCUT2D eigenvalue weighted by Crippen LogP contribution is 2.34. The van der Waals surface area contributed by atoms with Crippen LogP contribution in [-0.2, 0) is 21.4 Å². The maximum absolute atomic E-state index is 15.3. The second kappa shape index (κ2) is 11.5. The summed E-state index contributed by atoms with van der Waals surface area (Å²) in [4.78, 5) is 28.6. The van der Waals surface area contributed by atoms with Gasteiger partial charge in [-0.05, 0) is 48.4 Å². The van der Waals surface area contributed by atoms with Gasteiger partial charge in [0, 0.05) is 53.5 Å². The molecule has 44 heavy (non-hydrogen) atoms. The van der Waals surface area contributed by atoms with Gasteiger partial charge in [0.15, 0.2) is 5.82 Å². The van der Waals surface area contributed by atoms with E-state index in [2.05, 4.69) is 35.2 Å². The average molecular weight is 617 g/mol. The van der Waals surface area contributed by atoms with Gasteiger partial charge >= 0.3 is 0 Å². The number of carbonyl (C=O) groups excluding carboxylic acids is 1. The molecule has 0 spiro atoms. The first kappa shape index (κ1) is 29.0. The summed E-state index contributed by atoms with van der Waals surface area (Å²) < 4.78 is 55.3. The summed E-state index contributed by atoms with van der Waals surface area (Å²) in [5.41, 5.74) is 4.28. The Morgan fingerprint density at radius 1 is 1.00 bits per heavy atom. The van der Waals surface area contributed by atoms with E-state index in [1.165, 1.54) is 30.6 Å². The van der Waals surface area contributed by atoms with E-state index in [1.54, 1.807) is 30.5 Å². The third kappa shape index (κ3) is 6.02. The first-order valence-electron chi connectivity index (χ1n) is 13.6. The fraction of sp³-hybridized carbons (Fsp3) is 0.167. The van der Waals surface area contributed by atoms with E-state index in [9.17, 15) is 17.6 Å². The first-order valence-corrected chi connectivity index (χ1v) is 15.5. The lowest BCUT2D eigenvalue weighted by molar-refractivity contribution is -0.116. The molecule has 0 aliphatic carbocycles. The quantitative estimate of drug-likeness (QED) is 0.172. The number of H-pyrrole nitrogens is 2. The molecule has 4 aromatic heterocycles. The van der Waals surface area contributed by atoms with Crippen LogP contribution >= 0.6 is 0 Å². The monoisotopic (exact) mass is 616 g/mol. The summed E-state index contributed by atoms with van der Waals surface area (Å²) >= 11 is 0. The summed E-state index contributed by atoms with van der Waals surface area (Å²) in [6, 6.07) is 10.5. The number of hydrogen-bond acceptors (Lipinski definition) is 7. The highest BCUT2D eigenvalue weighted by atomic mass is 32.2. The van der Waals surface area contributed by atoms with E-state index >= 15 is 4.39 Å². The molecule has 0 aliphatic rings. The van der Waals surface area contributed by atoms with Crippen LogP contribution in [0.15, 0.2) is 61.1 Å². The Hall–Kier alpha value is -5.08. The van der Waals surface area contributed by atoms with Crippen molar-refractivity contribution in [3.8, 4) is 33.9 Å². The van der Waals surface area contributed by atoms with Crippen LogP contribution in [0.5, 0.6) is 0 Å². The summed E-state index contributed by atoms with van der Waals surface area (Å²) in [6.45, 7) is 1.81. The van der Waals surface area contributed by atoms with Crippen molar-refractivity contribution in [2.24, 2.45) is 0 Å². The van der Waals surface area contributed by atoms with Crippen LogP contribution in [0.2, 0.25) is 0 Å². The lowest BCUT2D eigenvalue weighted by Crippen LogP contribution is -2.21. The molecule has 0 fully saturated rings. The number of amides is 1. The second-order valence-electron chi connectivity index (χ2n) is 10.3. The Morgan fingerprint density at radius 3 is 2.64 bits per heavy atom. The topological polar surface area (TPSA) is 158 Å². The van der Waals surface area contributed by atoms with E-state index in [0.29, 0.717) is 74.4 Å². The number of benzene rings is 2. The molecule has 0 atom stereocenters. The molecule has 4 heterocycles. The Morgan fingerprint density at radius 2 is 1.84 bits per heavy atom. The number of aromatic nitrogens is 6. The predicted octanol–water partition coefficient (Wildman–Crippen LogP) is 5.30. The van der Waals surface area contributed by atoms with Crippen molar-refractivity contribution in [2.75, 3.05) is 11.6 Å². The minimum atomic E-state index is -3.48. The largest absolute Gasteiger partial charge is 0.336 e. The number of anilines is 1. The van der Waals surface area contributed by atoms with Gasteiger partial charge in [0.1, 0.15) is 22.8 Å². The van der Waals surface area contributed by atoms with Gasteiger partial charge in [-0.2, -0.15) is 5.10 Å². The minimum absolute atomic E-state index is 0.0902. The maximum atomic E-state index is 15.3. The molecule has 11 nitrogen and oxygen atoms in total. The average Bonchev–Trinajstić information content (AvgIpc) is 3.59. The van der Waals surface area contributed by atoms with Crippen LogP contribution in [0.1, 0.15) is 25.3 Å². The molecule has 0 bridgehead atoms. The van der Waals surface area contributed by atoms with E-state index in [0.717, 1.165) is 6.26 Å². The van der Waals surface area contributed by atoms with Crippen LogP contribution in [0.25, 0.3) is 55.8 Å². The van der Waals surface area contributed by atoms with Crippen LogP contribution in [0, 0.1) is 11.6 Å². The molecule has 1 amide bonds. The number of fused-ring (bicyclic) bond motifs is 2. The number of nitrogens with zero attached hydrogens (tertiary/aromatic N) is 4. The summed E-state index contributed by atoms with van der Waals surface area (Å²) in [6.07, 6.45) is 6.64. The second-order valence-corrected chi connectivity index (χ2v) is 12.1. The molecule has 0 aliphatic heterocycles. The van der Waals surface area contributed by atoms with Gasteiger partial charge in [0.05, 0.1) is 34.9 Å². The zero-order valence-corrected chi connectivity index (χ0v) is 24.4. The molecule has 6 aromatic rings. The lowest BCUT2D eigenvalue weighted by atomic mass is 10.0. The van der Waals surface area contributed by atoms with Gasteiger partial charge in [0.2, 0.25) is 15.9 Å². The molecule has 14 heteroatoms. The van der Waals surface area contributed by atoms with Gasteiger partial charge in [-0.3, -0.25) is 19.9 Å². The van der Waals surface area contributed by atoms with Crippen molar-refractivity contribution < 1.29 is 22.0 Å². The molecule has 0 saturated carbocycles. The molecule has 2 aromatic carbocycles. The highest BCUT2D eigenvalue weighted by molar-refractivity contribution is 7.88. The smallest absolute Gasteiger partial charge is 0.224 e. The molecule has 4 N–H and O–H groups in total. The van der Waals surface area contributed by atoms with Crippen molar-refractivity contribution in [2.45, 2.75) is 26.3 Å². The Bertz CT molecular complexity index is 2160. The van der Waals surface area contributed by atoms with Gasteiger partial charge in [-0.1, -0.05) is 6.92 Å². The maximum Gasteiger partial charge on any atom is 0.224 e. The number of aromatic amines is 2. The first-order chi connectivity index (χ1) is 21.1. The van der Waals surface area contributed by atoms with E-state index < -0.39 is 21.7 Å². The van der Waals surface area contributed by atoms with E-state index in [4.69, 9.17) is 4.98 Å². The predicted molar refractivity (Wildman–Crippen MR) is 163 cm³/mol. The molecule has 224 valence electrons. The zero-order valence-electron chi connectivity index (χ0n) is 23.6. The number of nitrogens with one attached hydrogen (secondary N) is 4. The molecular formula is C30H26F2N8O3S. The fourth-order valence-corrected chi connectivity index (χ4v) is 5.34. The Labute approximate surface area is 250 Å². The van der Waals surface area contributed by atoms with E-state index in [1.807, 2.05) is 6.92 Å². The normalized spacial score (nSPS) is 11.8. The number of carbonyl (C=O) groups is 1.